The van der Waals surface area contributed by atoms with Crippen LogP contribution in [0.4, 0.5) is 0 Å². The van der Waals surface area contributed by atoms with Gasteiger partial charge in [0.05, 0.1) is 19.3 Å². The summed E-state index contributed by atoms with van der Waals surface area (Å²) < 4.78 is 11.3. The summed E-state index contributed by atoms with van der Waals surface area (Å²) in [6.45, 7) is 5.15. The molecule has 0 saturated carbocycles. The third-order valence-electron chi connectivity index (χ3n) is 3.16. The summed E-state index contributed by atoms with van der Waals surface area (Å²) in [5.74, 6) is 7.26. The molecule has 114 valence electrons. The fourth-order valence-corrected chi connectivity index (χ4v) is 2.94. The van der Waals surface area contributed by atoms with E-state index in [4.69, 9.17) is 15.3 Å². The van der Waals surface area contributed by atoms with Crippen molar-refractivity contribution in [1.29, 1.82) is 0 Å². The van der Waals surface area contributed by atoms with Gasteiger partial charge in [-0.3, -0.25) is 11.3 Å². The van der Waals surface area contributed by atoms with Gasteiger partial charge in [0.15, 0.2) is 11.5 Å². The summed E-state index contributed by atoms with van der Waals surface area (Å²) in [5, 5.41) is 2.08. The Kier molecular flexibility index (Phi) is 6.04. The number of nitrogens with two attached hydrogens (primary N) is 1. The van der Waals surface area contributed by atoms with Gasteiger partial charge < -0.3 is 9.47 Å². The smallest absolute Gasteiger partial charge is 0.161 e. The molecular formula is C16H22N2O2S. The highest BCUT2D eigenvalue weighted by molar-refractivity contribution is 7.09. The minimum atomic E-state index is 0.0542. The highest BCUT2D eigenvalue weighted by Crippen LogP contribution is 2.32. The van der Waals surface area contributed by atoms with Crippen LogP contribution in [0.5, 0.6) is 11.5 Å². The van der Waals surface area contributed by atoms with Crippen molar-refractivity contribution in [2.24, 2.45) is 5.84 Å². The van der Waals surface area contributed by atoms with Gasteiger partial charge in [-0.2, -0.15) is 0 Å². The van der Waals surface area contributed by atoms with Crippen molar-refractivity contribution >= 4 is 11.3 Å². The Bertz CT molecular complexity index is 543. The second-order valence-corrected chi connectivity index (χ2v) is 5.61. The second kappa shape index (κ2) is 8.02. The zero-order chi connectivity index (χ0) is 15.1. The van der Waals surface area contributed by atoms with Crippen molar-refractivity contribution in [3.05, 3.63) is 46.2 Å². The molecule has 0 fully saturated rings. The summed E-state index contributed by atoms with van der Waals surface area (Å²) in [5.41, 5.74) is 3.98. The Hall–Kier alpha value is -1.56. The molecule has 4 nitrogen and oxygen atoms in total. The molecule has 0 amide bonds. The first-order valence-electron chi connectivity index (χ1n) is 7.16. The first kappa shape index (κ1) is 15.8. The molecule has 0 radical (unpaired) electrons. The lowest BCUT2D eigenvalue weighted by atomic mass is 10.0. The lowest BCUT2D eigenvalue weighted by Gasteiger charge is -2.18. The molecule has 0 saturated heterocycles. The minimum Gasteiger partial charge on any atom is -0.490 e. The molecule has 1 heterocycles. The largest absolute Gasteiger partial charge is 0.490 e. The second-order valence-electron chi connectivity index (χ2n) is 4.57. The van der Waals surface area contributed by atoms with Gasteiger partial charge >= 0.3 is 0 Å². The normalized spacial score (nSPS) is 12.1. The monoisotopic (exact) mass is 306 g/mol. The van der Waals surface area contributed by atoms with E-state index in [2.05, 4.69) is 22.9 Å². The number of hydrogen-bond donors (Lipinski definition) is 2. The van der Waals surface area contributed by atoms with Gasteiger partial charge in [-0.15, -0.1) is 11.3 Å². The molecule has 1 unspecified atom stereocenters. The number of rotatable bonds is 8. The van der Waals surface area contributed by atoms with E-state index in [1.165, 1.54) is 4.88 Å². The SMILES string of the molecule is CCOc1ccc(C(Cc2cccs2)NN)cc1OCC. The molecule has 0 bridgehead atoms. The number of ether oxygens (including phenoxy) is 2. The van der Waals surface area contributed by atoms with Crippen molar-refractivity contribution < 1.29 is 9.47 Å². The van der Waals surface area contributed by atoms with E-state index >= 15 is 0 Å². The molecule has 1 aromatic heterocycles. The summed E-state index contributed by atoms with van der Waals surface area (Å²) >= 11 is 1.74. The predicted octanol–water partition coefficient (Wildman–Crippen LogP) is 3.29. The Labute approximate surface area is 129 Å². The maximum atomic E-state index is 5.72. The zero-order valence-corrected chi connectivity index (χ0v) is 13.3. The number of hydrogen-bond acceptors (Lipinski definition) is 5. The molecule has 21 heavy (non-hydrogen) atoms. The average Bonchev–Trinajstić information content (AvgIpc) is 3.00. The standard InChI is InChI=1S/C16H22N2O2S/c1-3-19-15-8-7-12(10-16(15)20-4-2)14(18-17)11-13-6-5-9-21-13/h5-10,14,18H,3-4,11,17H2,1-2H3. The molecule has 1 atom stereocenters. The van der Waals surface area contributed by atoms with E-state index in [9.17, 15) is 0 Å². The maximum absolute atomic E-state index is 5.72. The van der Waals surface area contributed by atoms with Gasteiger partial charge in [-0.25, -0.2) is 0 Å². The molecule has 0 aliphatic heterocycles. The van der Waals surface area contributed by atoms with Gasteiger partial charge in [0.2, 0.25) is 0 Å². The Morgan fingerprint density at radius 1 is 1.14 bits per heavy atom. The highest BCUT2D eigenvalue weighted by atomic mass is 32.1. The quantitative estimate of drug-likeness (QED) is 0.580. The van der Waals surface area contributed by atoms with E-state index < -0.39 is 0 Å². The molecule has 3 N–H and O–H groups in total. The van der Waals surface area contributed by atoms with Crippen molar-refractivity contribution in [3.63, 3.8) is 0 Å². The van der Waals surface area contributed by atoms with Crippen LogP contribution in [0.3, 0.4) is 0 Å². The summed E-state index contributed by atoms with van der Waals surface area (Å²) in [4.78, 5) is 1.30. The molecule has 5 heteroatoms. The Morgan fingerprint density at radius 2 is 1.90 bits per heavy atom. The number of thiophene rings is 1. The predicted molar refractivity (Wildman–Crippen MR) is 86.9 cm³/mol. The van der Waals surface area contributed by atoms with Gasteiger partial charge in [-0.05, 0) is 43.0 Å². The third-order valence-corrected chi connectivity index (χ3v) is 4.06. The first-order chi connectivity index (χ1) is 10.3. The van der Waals surface area contributed by atoms with E-state index in [-0.39, 0.29) is 6.04 Å². The van der Waals surface area contributed by atoms with E-state index in [0.29, 0.717) is 13.2 Å². The van der Waals surface area contributed by atoms with Gasteiger partial charge in [0, 0.05) is 11.3 Å². The van der Waals surface area contributed by atoms with Crippen molar-refractivity contribution in [3.8, 4) is 11.5 Å². The molecule has 2 aromatic rings. The van der Waals surface area contributed by atoms with E-state index in [0.717, 1.165) is 23.5 Å². The lowest BCUT2D eigenvalue weighted by molar-refractivity contribution is 0.287. The molecular weight excluding hydrogens is 284 g/mol. The maximum Gasteiger partial charge on any atom is 0.161 e. The third kappa shape index (κ3) is 4.20. The van der Waals surface area contributed by atoms with Crippen LogP contribution in [0, 0.1) is 0 Å². The van der Waals surface area contributed by atoms with E-state index in [1.54, 1.807) is 11.3 Å². The van der Waals surface area contributed by atoms with Crippen LogP contribution in [0.1, 0.15) is 30.3 Å². The van der Waals surface area contributed by atoms with Crippen LogP contribution in [0.2, 0.25) is 0 Å². The molecule has 1 aromatic carbocycles. The van der Waals surface area contributed by atoms with Crippen LogP contribution in [0.25, 0.3) is 0 Å². The van der Waals surface area contributed by atoms with Gasteiger partial charge in [0.1, 0.15) is 0 Å². The van der Waals surface area contributed by atoms with Crippen molar-refractivity contribution in [1.82, 2.24) is 5.43 Å². The minimum absolute atomic E-state index is 0.0542. The van der Waals surface area contributed by atoms with Crippen LogP contribution in [-0.2, 0) is 6.42 Å². The topological polar surface area (TPSA) is 56.5 Å². The zero-order valence-electron chi connectivity index (χ0n) is 12.5. The van der Waals surface area contributed by atoms with Crippen molar-refractivity contribution in [2.75, 3.05) is 13.2 Å². The van der Waals surface area contributed by atoms with Crippen LogP contribution < -0.4 is 20.7 Å². The fraction of sp³-hybridized carbons (Fsp3) is 0.375. The number of benzene rings is 1. The number of nitrogens with one attached hydrogen (secondary N) is 1. The van der Waals surface area contributed by atoms with E-state index in [1.807, 2.05) is 32.0 Å². The summed E-state index contributed by atoms with van der Waals surface area (Å²) in [7, 11) is 0. The van der Waals surface area contributed by atoms with Crippen LogP contribution >= 0.6 is 11.3 Å². The van der Waals surface area contributed by atoms with Gasteiger partial charge in [-0.1, -0.05) is 12.1 Å². The number of hydrazine groups is 1. The lowest BCUT2D eigenvalue weighted by Crippen LogP contribution is -2.29. The van der Waals surface area contributed by atoms with Crippen LogP contribution in [-0.4, -0.2) is 13.2 Å². The van der Waals surface area contributed by atoms with Gasteiger partial charge in [0.25, 0.3) is 0 Å². The molecule has 2 rings (SSSR count). The molecule has 0 aliphatic carbocycles. The first-order valence-corrected chi connectivity index (χ1v) is 8.04. The highest BCUT2D eigenvalue weighted by Gasteiger charge is 2.14. The Balaban J connectivity index is 2.22. The molecule has 0 aliphatic rings. The fourth-order valence-electron chi connectivity index (χ4n) is 2.19. The average molecular weight is 306 g/mol. The summed E-state index contributed by atoms with van der Waals surface area (Å²) in [6.07, 6.45) is 0.855. The van der Waals surface area contributed by atoms with Crippen LogP contribution in [0.15, 0.2) is 35.7 Å². The molecule has 0 spiro atoms. The Morgan fingerprint density at radius 3 is 2.52 bits per heavy atom. The summed E-state index contributed by atoms with van der Waals surface area (Å²) in [6, 6.07) is 10.2. The van der Waals surface area contributed by atoms with Crippen molar-refractivity contribution in [2.45, 2.75) is 26.3 Å².